The number of aromatic nitrogens is 5. The molecule has 3 aromatic rings. The van der Waals surface area contributed by atoms with E-state index in [0.717, 1.165) is 33.3 Å². The van der Waals surface area contributed by atoms with Crippen molar-refractivity contribution in [3.8, 4) is 0 Å². The van der Waals surface area contributed by atoms with Gasteiger partial charge in [-0.2, -0.15) is 0 Å². The maximum Gasteiger partial charge on any atom is 0.219 e. The minimum Gasteiger partial charge on any atom is -0.425 e. The van der Waals surface area contributed by atoms with E-state index in [-0.39, 0.29) is 0 Å². The van der Waals surface area contributed by atoms with Crippen LogP contribution in [0.5, 0.6) is 0 Å². The molecule has 0 fully saturated rings. The monoisotopic (exact) mass is 477 g/mol. The summed E-state index contributed by atoms with van der Waals surface area (Å²) < 4.78 is 10.5. The lowest BCUT2D eigenvalue weighted by Gasteiger charge is -1.96. The Labute approximate surface area is 203 Å². The van der Waals surface area contributed by atoms with Crippen molar-refractivity contribution in [2.45, 2.75) is 119 Å². The van der Waals surface area contributed by atoms with E-state index >= 15 is 0 Å². The van der Waals surface area contributed by atoms with Crippen LogP contribution in [0.4, 0.5) is 0 Å². The van der Waals surface area contributed by atoms with E-state index in [2.05, 4.69) is 80.9 Å². The van der Waals surface area contributed by atoms with Crippen molar-refractivity contribution in [1.82, 2.24) is 25.6 Å². The Morgan fingerprint density at radius 1 is 0.576 bits per heavy atom. The second-order valence-electron chi connectivity index (χ2n) is 10.0. The van der Waals surface area contributed by atoms with Crippen molar-refractivity contribution < 1.29 is 8.94 Å². The van der Waals surface area contributed by atoms with Crippen LogP contribution in [0.25, 0.3) is 0 Å². The molecule has 0 N–H and O–H groups in total. The van der Waals surface area contributed by atoms with E-state index in [1.54, 1.807) is 11.3 Å². The third kappa shape index (κ3) is 9.74. The van der Waals surface area contributed by atoms with Crippen LogP contribution in [0.1, 0.15) is 152 Å². The number of rotatable bonds is 6. The Balaban J connectivity index is 0.000000247. The fraction of sp³-hybridized carbons (Fsp3) is 0.720. The second kappa shape index (κ2) is 13.6. The first-order chi connectivity index (χ1) is 15.3. The van der Waals surface area contributed by atoms with Crippen molar-refractivity contribution in [1.29, 1.82) is 0 Å². The van der Waals surface area contributed by atoms with Crippen LogP contribution in [0.3, 0.4) is 0 Å². The van der Waals surface area contributed by atoms with Gasteiger partial charge in [0, 0.05) is 35.7 Å². The Bertz CT molecular complexity index is 736. The van der Waals surface area contributed by atoms with E-state index in [0.29, 0.717) is 35.5 Å². The zero-order chi connectivity index (χ0) is 25.3. The summed E-state index contributed by atoms with van der Waals surface area (Å²) in [6.45, 7) is 25.2. The van der Waals surface area contributed by atoms with Crippen LogP contribution < -0.4 is 0 Å². The van der Waals surface area contributed by atoms with Gasteiger partial charge < -0.3 is 8.94 Å². The topological polar surface area (TPSA) is 90.7 Å². The second-order valence-corrected chi connectivity index (χ2v) is 11.1. The quantitative estimate of drug-likeness (QED) is 0.355. The Kier molecular flexibility index (Phi) is 11.9. The fourth-order valence-electron chi connectivity index (χ4n) is 2.27. The summed E-state index contributed by atoms with van der Waals surface area (Å²) in [7, 11) is 0. The zero-order valence-electron chi connectivity index (χ0n) is 22.5. The van der Waals surface area contributed by atoms with Crippen LogP contribution in [-0.4, -0.2) is 25.6 Å². The summed E-state index contributed by atoms with van der Waals surface area (Å²) in [5, 5.41) is 22.3. The smallest absolute Gasteiger partial charge is 0.219 e. The van der Waals surface area contributed by atoms with Gasteiger partial charge in [-0.15, -0.1) is 31.7 Å². The molecule has 0 aliphatic carbocycles. The van der Waals surface area contributed by atoms with Crippen molar-refractivity contribution in [3.63, 3.8) is 0 Å². The van der Waals surface area contributed by atoms with Crippen molar-refractivity contribution in [2.24, 2.45) is 0 Å². The molecule has 0 aliphatic heterocycles. The predicted molar refractivity (Wildman–Crippen MR) is 135 cm³/mol. The van der Waals surface area contributed by atoms with E-state index in [1.807, 2.05) is 33.8 Å². The van der Waals surface area contributed by atoms with Gasteiger partial charge in [0.25, 0.3) is 0 Å². The summed E-state index contributed by atoms with van der Waals surface area (Å²) >= 11 is 1.73. The van der Waals surface area contributed by atoms with Crippen LogP contribution in [0, 0.1) is 0 Å². The third-order valence-electron chi connectivity index (χ3n) is 4.60. The average Bonchev–Trinajstić information content (AvgIpc) is 3.49. The molecule has 3 rings (SSSR count). The Hall–Kier alpha value is -2.09. The molecule has 0 spiro atoms. The molecule has 186 valence electrons. The van der Waals surface area contributed by atoms with Gasteiger partial charge in [0.2, 0.25) is 11.8 Å². The number of hydrogen-bond acceptors (Lipinski definition) is 8. The van der Waals surface area contributed by atoms with Gasteiger partial charge in [0.05, 0.1) is 5.69 Å². The van der Waals surface area contributed by atoms with Crippen LogP contribution in [0.15, 0.2) is 15.0 Å². The summed E-state index contributed by atoms with van der Waals surface area (Å²) in [4.78, 5) is 0. The molecule has 0 bridgehead atoms. The van der Waals surface area contributed by atoms with Crippen LogP contribution >= 0.6 is 11.3 Å². The minimum absolute atomic E-state index is 0.329. The fourth-order valence-corrected chi connectivity index (χ4v) is 3.12. The summed E-state index contributed by atoms with van der Waals surface area (Å²) in [5.74, 6) is 5.03. The maximum atomic E-state index is 5.38. The summed E-state index contributed by atoms with van der Waals surface area (Å²) in [6, 6.07) is 2.04. The molecular weight excluding hydrogens is 434 g/mol. The lowest BCUT2D eigenvalue weighted by molar-refractivity contribution is 0.363. The lowest BCUT2D eigenvalue weighted by atomic mass is 10.1. The highest BCUT2D eigenvalue weighted by atomic mass is 32.1. The minimum atomic E-state index is 0.329. The van der Waals surface area contributed by atoms with Gasteiger partial charge in [-0.25, -0.2) is 0 Å². The highest BCUT2D eigenvalue weighted by molar-refractivity contribution is 7.11. The normalized spacial score (nSPS) is 11.5. The van der Waals surface area contributed by atoms with Gasteiger partial charge in [-0.1, -0.05) is 88.2 Å². The zero-order valence-corrected chi connectivity index (χ0v) is 23.3. The number of nitrogens with zero attached hydrogens (tertiary/aromatic N) is 5. The molecule has 0 radical (unpaired) electrons. The first-order valence-corrected chi connectivity index (χ1v) is 12.8. The SMILES string of the molecule is CC(C)c1cc(C(C)C)on1.CC(C)c1nnc(C(C)C)o1.CC(C)c1nnc(C(C)C)s1. The molecule has 0 saturated heterocycles. The predicted octanol–water partition coefficient (Wildman–Crippen LogP) is 8.02. The largest absolute Gasteiger partial charge is 0.425 e. The summed E-state index contributed by atoms with van der Waals surface area (Å²) in [6.07, 6.45) is 0. The molecule has 0 amide bonds. The highest BCUT2D eigenvalue weighted by Crippen LogP contribution is 2.24. The Morgan fingerprint density at radius 3 is 1.24 bits per heavy atom. The molecule has 0 aliphatic rings. The van der Waals surface area contributed by atoms with Crippen molar-refractivity contribution in [2.75, 3.05) is 0 Å². The highest BCUT2D eigenvalue weighted by Gasteiger charge is 2.12. The molecule has 8 heteroatoms. The number of hydrogen-bond donors (Lipinski definition) is 0. The van der Waals surface area contributed by atoms with Gasteiger partial charge >= 0.3 is 0 Å². The molecule has 33 heavy (non-hydrogen) atoms. The van der Waals surface area contributed by atoms with E-state index in [4.69, 9.17) is 8.94 Å². The standard InChI is InChI=1S/C9H15NO.C8H14N2O.C8H14N2S/c1-6(2)8-5-9(7(3)4)11-10-8;2*1-5(2)7-9-10-8(11-7)6(3)4/h5-7H,1-4H3;2*5-6H,1-4H3. The molecule has 0 unspecified atom stereocenters. The van der Waals surface area contributed by atoms with Gasteiger partial charge in [-0.3, -0.25) is 0 Å². The summed E-state index contributed by atoms with van der Waals surface area (Å²) in [5.41, 5.74) is 1.05. The van der Waals surface area contributed by atoms with E-state index < -0.39 is 0 Å². The van der Waals surface area contributed by atoms with Gasteiger partial charge in [0.15, 0.2) is 0 Å². The molecule has 0 saturated carbocycles. The molecule has 3 heterocycles. The first kappa shape index (κ1) is 28.9. The molecule has 3 aromatic heterocycles. The maximum absolute atomic E-state index is 5.38. The van der Waals surface area contributed by atoms with Crippen LogP contribution in [-0.2, 0) is 0 Å². The molecule has 0 aromatic carbocycles. The van der Waals surface area contributed by atoms with Gasteiger partial charge in [-0.05, 0) is 5.92 Å². The average molecular weight is 478 g/mol. The molecule has 7 nitrogen and oxygen atoms in total. The van der Waals surface area contributed by atoms with E-state index in [9.17, 15) is 0 Å². The Morgan fingerprint density at radius 2 is 1.03 bits per heavy atom. The molecular formula is C25H43N5O2S. The molecule has 0 atom stereocenters. The third-order valence-corrected chi connectivity index (χ3v) is 6.12. The van der Waals surface area contributed by atoms with Crippen molar-refractivity contribution in [3.05, 3.63) is 39.3 Å². The van der Waals surface area contributed by atoms with Crippen LogP contribution in [0.2, 0.25) is 0 Å². The van der Waals surface area contributed by atoms with E-state index in [1.165, 1.54) is 0 Å². The van der Waals surface area contributed by atoms with Gasteiger partial charge in [0.1, 0.15) is 15.8 Å². The lowest BCUT2D eigenvalue weighted by Crippen LogP contribution is -1.85. The van der Waals surface area contributed by atoms with Crippen molar-refractivity contribution >= 4 is 11.3 Å². The first-order valence-electron chi connectivity index (χ1n) is 12.0.